The van der Waals surface area contributed by atoms with Crippen molar-refractivity contribution < 1.29 is 9.15 Å². The maximum absolute atomic E-state index is 5.73. The predicted molar refractivity (Wildman–Crippen MR) is 70.3 cm³/mol. The highest BCUT2D eigenvalue weighted by Gasteiger charge is 2.30. The van der Waals surface area contributed by atoms with Crippen molar-refractivity contribution in [1.82, 2.24) is 4.98 Å². The second kappa shape index (κ2) is 4.61. The van der Waals surface area contributed by atoms with Crippen LogP contribution in [-0.2, 0) is 11.2 Å². The Morgan fingerprint density at radius 1 is 1.44 bits per heavy atom. The molecule has 0 spiro atoms. The molecular formula is C14H18N2O2. The van der Waals surface area contributed by atoms with Crippen LogP contribution in [0.25, 0.3) is 11.1 Å². The summed E-state index contributed by atoms with van der Waals surface area (Å²) < 4.78 is 11.3. The van der Waals surface area contributed by atoms with Crippen molar-refractivity contribution in [2.45, 2.75) is 32.3 Å². The van der Waals surface area contributed by atoms with Crippen LogP contribution in [0.2, 0.25) is 0 Å². The average Bonchev–Trinajstić information content (AvgIpc) is 2.68. The summed E-state index contributed by atoms with van der Waals surface area (Å²) in [6.07, 6.45) is 3.58. The number of benzene rings is 1. The Morgan fingerprint density at radius 3 is 3.06 bits per heavy atom. The second-order valence-electron chi connectivity index (χ2n) is 4.95. The monoisotopic (exact) mass is 246 g/mol. The van der Waals surface area contributed by atoms with E-state index in [1.165, 1.54) is 0 Å². The number of rotatable bonds is 4. The van der Waals surface area contributed by atoms with E-state index in [4.69, 9.17) is 14.9 Å². The molecule has 1 saturated carbocycles. The van der Waals surface area contributed by atoms with E-state index < -0.39 is 0 Å². The maximum atomic E-state index is 5.73. The zero-order valence-corrected chi connectivity index (χ0v) is 10.6. The predicted octanol–water partition coefficient (Wildman–Crippen LogP) is 2.77. The highest BCUT2D eigenvalue weighted by atomic mass is 16.5. The van der Waals surface area contributed by atoms with E-state index >= 15 is 0 Å². The smallest absolute Gasteiger partial charge is 0.195 e. The molecule has 1 aliphatic rings. The third-order valence-electron chi connectivity index (χ3n) is 3.51. The van der Waals surface area contributed by atoms with Crippen molar-refractivity contribution >= 4 is 16.8 Å². The zero-order chi connectivity index (χ0) is 12.5. The SMILES string of the molecule is CCOC1CC(Cc2nc3cc(N)ccc3o2)C1. The Labute approximate surface area is 106 Å². The molecule has 96 valence electrons. The van der Waals surface area contributed by atoms with Gasteiger partial charge < -0.3 is 14.9 Å². The molecule has 0 saturated heterocycles. The van der Waals surface area contributed by atoms with E-state index in [1.807, 2.05) is 25.1 Å². The van der Waals surface area contributed by atoms with Crippen LogP contribution in [0.15, 0.2) is 22.6 Å². The lowest BCUT2D eigenvalue weighted by Crippen LogP contribution is -2.32. The van der Waals surface area contributed by atoms with Crippen LogP contribution in [-0.4, -0.2) is 17.7 Å². The minimum absolute atomic E-state index is 0.444. The molecule has 1 aliphatic carbocycles. The fourth-order valence-corrected chi connectivity index (χ4v) is 2.54. The molecule has 0 radical (unpaired) electrons. The summed E-state index contributed by atoms with van der Waals surface area (Å²) in [6.45, 7) is 2.85. The first-order chi connectivity index (χ1) is 8.74. The Morgan fingerprint density at radius 2 is 2.28 bits per heavy atom. The van der Waals surface area contributed by atoms with Crippen LogP contribution in [0.5, 0.6) is 0 Å². The quantitative estimate of drug-likeness (QED) is 0.843. The molecule has 1 heterocycles. The molecule has 3 rings (SSSR count). The van der Waals surface area contributed by atoms with Gasteiger partial charge in [0, 0.05) is 18.7 Å². The summed E-state index contributed by atoms with van der Waals surface area (Å²) in [7, 11) is 0. The van der Waals surface area contributed by atoms with Gasteiger partial charge in [0.25, 0.3) is 0 Å². The minimum atomic E-state index is 0.444. The number of hydrogen-bond acceptors (Lipinski definition) is 4. The molecule has 4 nitrogen and oxygen atoms in total. The van der Waals surface area contributed by atoms with Gasteiger partial charge >= 0.3 is 0 Å². The van der Waals surface area contributed by atoms with E-state index in [9.17, 15) is 0 Å². The Kier molecular flexibility index (Phi) is 2.96. The van der Waals surface area contributed by atoms with Gasteiger partial charge in [-0.1, -0.05) is 0 Å². The van der Waals surface area contributed by atoms with Gasteiger partial charge in [-0.3, -0.25) is 0 Å². The molecular weight excluding hydrogens is 228 g/mol. The lowest BCUT2D eigenvalue weighted by Gasteiger charge is -2.34. The van der Waals surface area contributed by atoms with Crippen molar-refractivity contribution in [3.05, 3.63) is 24.1 Å². The molecule has 0 amide bonds. The van der Waals surface area contributed by atoms with Crippen LogP contribution in [0.1, 0.15) is 25.7 Å². The fraction of sp³-hybridized carbons (Fsp3) is 0.500. The Bertz CT molecular complexity index is 544. The van der Waals surface area contributed by atoms with Gasteiger partial charge in [0.05, 0.1) is 6.10 Å². The van der Waals surface area contributed by atoms with Gasteiger partial charge in [-0.05, 0) is 43.9 Å². The summed E-state index contributed by atoms with van der Waals surface area (Å²) >= 11 is 0. The van der Waals surface area contributed by atoms with E-state index in [0.29, 0.717) is 12.0 Å². The Hall–Kier alpha value is -1.55. The van der Waals surface area contributed by atoms with Crippen LogP contribution < -0.4 is 5.73 Å². The average molecular weight is 246 g/mol. The first kappa shape index (κ1) is 11.5. The van der Waals surface area contributed by atoms with Gasteiger partial charge in [0.1, 0.15) is 5.52 Å². The molecule has 1 fully saturated rings. The maximum Gasteiger partial charge on any atom is 0.195 e. The zero-order valence-electron chi connectivity index (χ0n) is 10.6. The number of nitrogens with zero attached hydrogens (tertiary/aromatic N) is 1. The van der Waals surface area contributed by atoms with Gasteiger partial charge in [-0.25, -0.2) is 4.98 Å². The van der Waals surface area contributed by atoms with Crippen molar-refractivity contribution in [3.63, 3.8) is 0 Å². The van der Waals surface area contributed by atoms with Gasteiger partial charge in [0.15, 0.2) is 11.5 Å². The van der Waals surface area contributed by atoms with Crippen molar-refractivity contribution in [1.29, 1.82) is 0 Å². The number of ether oxygens (including phenoxy) is 1. The number of nitrogens with two attached hydrogens (primary N) is 1. The van der Waals surface area contributed by atoms with Crippen molar-refractivity contribution in [2.24, 2.45) is 5.92 Å². The van der Waals surface area contributed by atoms with Crippen LogP contribution in [0, 0.1) is 5.92 Å². The highest BCUT2D eigenvalue weighted by Crippen LogP contribution is 2.33. The highest BCUT2D eigenvalue weighted by molar-refractivity contribution is 5.76. The van der Waals surface area contributed by atoms with E-state index in [-0.39, 0.29) is 0 Å². The summed E-state index contributed by atoms with van der Waals surface area (Å²) in [5, 5.41) is 0. The van der Waals surface area contributed by atoms with E-state index in [1.54, 1.807) is 0 Å². The number of hydrogen-bond donors (Lipinski definition) is 1. The molecule has 18 heavy (non-hydrogen) atoms. The van der Waals surface area contributed by atoms with Crippen molar-refractivity contribution in [3.8, 4) is 0 Å². The minimum Gasteiger partial charge on any atom is -0.441 e. The number of oxazole rings is 1. The van der Waals surface area contributed by atoms with Gasteiger partial charge in [-0.2, -0.15) is 0 Å². The molecule has 0 unspecified atom stereocenters. The topological polar surface area (TPSA) is 61.3 Å². The fourth-order valence-electron chi connectivity index (χ4n) is 2.54. The van der Waals surface area contributed by atoms with Crippen LogP contribution in [0.4, 0.5) is 5.69 Å². The number of aromatic nitrogens is 1. The van der Waals surface area contributed by atoms with Crippen LogP contribution >= 0.6 is 0 Å². The first-order valence-corrected chi connectivity index (χ1v) is 6.51. The third kappa shape index (κ3) is 2.20. The molecule has 4 heteroatoms. The van der Waals surface area contributed by atoms with E-state index in [2.05, 4.69) is 4.98 Å². The largest absolute Gasteiger partial charge is 0.441 e. The number of nitrogen functional groups attached to an aromatic ring is 1. The summed E-state index contributed by atoms with van der Waals surface area (Å²) in [5.74, 6) is 1.46. The van der Waals surface area contributed by atoms with Gasteiger partial charge in [-0.15, -0.1) is 0 Å². The normalized spacial score (nSPS) is 23.2. The standard InChI is InChI=1S/C14H18N2O2/c1-2-17-11-5-9(6-11)7-14-16-12-8-10(15)3-4-13(12)18-14/h3-4,8-9,11H,2,5-7,15H2,1H3. The molecule has 1 aromatic heterocycles. The molecule has 1 aromatic carbocycles. The van der Waals surface area contributed by atoms with E-state index in [0.717, 1.165) is 48.5 Å². The number of anilines is 1. The Balaban J connectivity index is 1.65. The lowest BCUT2D eigenvalue weighted by atomic mass is 9.80. The second-order valence-corrected chi connectivity index (χ2v) is 4.95. The summed E-state index contributed by atoms with van der Waals surface area (Å²) in [4.78, 5) is 4.48. The first-order valence-electron chi connectivity index (χ1n) is 6.51. The van der Waals surface area contributed by atoms with Gasteiger partial charge in [0.2, 0.25) is 0 Å². The molecule has 0 atom stereocenters. The van der Waals surface area contributed by atoms with Crippen LogP contribution in [0.3, 0.4) is 0 Å². The molecule has 2 N–H and O–H groups in total. The number of fused-ring (bicyclic) bond motifs is 1. The third-order valence-corrected chi connectivity index (χ3v) is 3.51. The lowest BCUT2D eigenvalue weighted by molar-refractivity contribution is -0.0254. The molecule has 2 aromatic rings. The molecule has 0 aliphatic heterocycles. The summed E-state index contributed by atoms with van der Waals surface area (Å²) in [6, 6.07) is 5.57. The summed E-state index contributed by atoms with van der Waals surface area (Å²) in [5.41, 5.74) is 8.12. The molecule has 0 bridgehead atoms. The van der Waals surface area contributed by atoms with Crippen molar-refractivity contribution in [2.75, 3.05) is 12.3 Å².